The highest BCUT2D eigenvalue weighted by molar-refractivity contribution is 8.00. The molecule has 2 heterocycles. The number of aromatic nitrogens is 4. The molecule has 0 aliphatic heterocycles. The lowest BCUT2D eigenvalue weighted by Crippen LogP contribution is -2.20. The Balaban J connectivity index is 1.76. The summed E-state index contributed by atoms with van der Waals surface area (Å²) in [5.41, 5.74) is 8.74. The van der Waals surface area contributed by atoms with Gasteiger partial charge in [0.1, 0.15) is 0 Å². The lowest BCUT2D eigenvalue weighted by Gasteiger charge is -2.11. The molecule has 0 spiro atoms. The molecule has 0 unspecified atom stereocenters. The van der Waals surface area contributed by atoms with E-state index in [1.165, 1.54) is 11.1 Å². The fraction of sp³-hybridized carbons (Fsp3) is 0.400. The Morgan fingerprint density at radius 2 is 1.95 bits per heavy atom. The third-order valence-corrected chi connectivity index (χ3v) is 5.60. The summed E-state index contributed by atoms with van der Waals surface area (Å²) >= 11 is 3.27. The molecule has 2 N–H and O–H groups in total. The number of aryl methyl sites for hydroxylation is 1. The van der Waals surface area contributed by atoms with Crippen molar-refractivity contribution in [3.8, 4) is 0 Å². The predicted octanol–water partition coefficient (Wildman–Crippen LogP) is 3.44. The van der Waals surface area contributed by atoms with Crippen LogP contribution in [0.25, 0.3) is 4.96 Å². The standard InChI is InChI=1S/C15H19N5S2/c1-9(2)12(16)13-17-18-14-20(13)19-15(22-14)21-8-11-6-4-10(3)5-7-11/h4-7,9,12H,8,16H2,1-3H3/t12-/m0/s1. The average Bonchev–Trinajstić information content (AvgIpc) is 3.05. The van der Waals surface area contributed by atoms with Crippen molar-refractivity contribution in [3.05, 3.63) is 41.2 Å². The summed E-state index contributed by atoms with van der Waals surface area (Å²) in [5, 5.41) is 13.0. The van der Waals surface area contributed by atoms with Gasteiger partial charge in [0.25, 0.3) is 0 Å². The van der Waals surface area contributed by atoms with E-state index >= 15 is 0 Å². The van der Waals surface area contributed by atoms with Crippen molar-refractivity contribution >= 4 is 28.1 Å². The summed E-state index contributed by atoms with van der Waals surface area (Å²) in [5.74, 6) is 1.94. The van der Waals surface area contributed by atoms with Gasteiger partial charge in [0.2, 0.25) is 4.96 Å². The van der Waals surface area contributed by atoms with E-state index in [9.17, 15) is 0 Å². The fourth-order valence-corrected chi connectivity index (χ4v) is 3.85. The molecule has 0 saturated heterocycles. The number of benzene rings is 1. The van der Waals surface area contributed by atoms with E-state index in [1.807, 2.05) is 0 Å². The summed E-state index contributed by atoms with van der Waals surface area (Å²) in [6, 6.07) is 8.43. The molecule has 0 aliphatic carbocycles. The summed E-state index contributed by atoms with van der Waals surface area (Å²) < 4.78 is 2.77. The highest BCUT2D eigenvalue weighted by atomic mass is 32.2. The first-order chi connectivity index (χ1) is 10.5. The second-order valence-electron chi connectivity index (χ2n) is 5.66. The number of nitrogens with two attached hydrogens (primary N) is 1. The SMILES string of the molecule is Cc1ccc(CSc2nn3c([C@@H](N)C(C)C)nnc3s2)cc1. The molecule has 116 valence electrons. The normalized spacial score (nSPS) is 13.1. The predicted molar refractivity (Wildman–Crippen MR) is 91.2 cm³/mol. The molecular weight excluding hydrogens is 314 g/mol. The van der Waals surface area contributed by atoms with Gasteiger partial charge in [-0.3, -0.25) is 0 Å². The molecular formula is C15H19N5S2. The van der Waals surface area contributed by atoms with Crippen LogP contribution < -0.4 is 5.73 Å². The molecule has 5 nitrogen and oxygen atoms in total. The van der Waals surface area contributed by atoms with Gasteiger partial charge in [0.15, 0.2) is 10.2 Å². The number of rotatable bonds is 5. The van der Waals surface area contributed by atoms with Crippen LogP contribution >= 0.6 is 23.1 Å². The molecule has 1 aromatic carbocycles. The molecule has 2 aromatic heterocycles. The van der Waals surface area contributed by atoms with E-state index in [1.54, 1.807) is 27.6 Å². The minimum Gasteiger partial charge on any atom is -0.321 e. The number of fused-ring (bicyclic) bond motifs is 1. The monoisotopic (exact) mass is 333 g/mol. The topological polar surface area (TPSA) is 69.1 Å². The van der Waals surface area contributed by atoms with Gasteiger partial charge < -0.3 is 5.73 Å². The number of hydrogen-bond acceptors (Lipinski definition) is 6. The summed E-state index contributed by atoms with van der Waals surface area (Å²) in [6.07, 6.45) is 0. The third-order valence-electron chi connectivity index (χ3n) is 3.50. The third kappa shape index (κ3) is 3.16. The first kappa shape index (κ1) is 15.5. The van der Waals surface area contributed by atoms with Crippen molar-refractivity contribution in [2.45, 2.75) is 36.9 Å². The minimum atomic E-state index is -0.146. The van der Waals surface area contributed by atoms with Crippen molar-refractivity contribution in [2.75, 3.05) is 0 Å². The van der Waals surface area contributed by atoms with Crippen LogP contribution in [0.5, 0.6) is 0 Å². The second-order valence-corrected chi connectivity index (χ2v) is 7.84. The average molecular weight is 333 g/mol. The number of nitrogens with zero attached hydrogens (tertiary/aromatic N) is 4. The van der Waals surface area contributed by atoms with Crippen LogP contribution in [-0.2, 0) is 5.75 Å². The maximum absolute atomic E-state index is 6.17. The van der Waals surface area contributed by atoms with E-state index in [2.05, 4.69) is 60.3 Å². The van der Waals surface area contributed by atoms with Crippen molar-refractivity contribution in [3.63, 3.8) is 0 Å². The Morgan fingerprint density at radius 3 is 2.64 bits per heavy atom. The van der Waals surface area contributed by atoms with Gasteiger partial charge in [0, 0.05) is 5.75 Å². The van der Waals surface area contributed by atoms with Gasteiger partial charge in [-0.15, -0.1) is 15.3 Å². The van der Waals surface area contributed by atoms with E-state index in [0.717, 1.165) is 20.9 Å². The van der Waals surface area contributed by atoms with Crippen LogP contribution in [0.2, 0.25) is 0 Å². The molecule has 3 rings (SSSR count). The first-order valence-corrected chi connectivity index (χ1v) is 9.01. The largest absolute Gasteiger partial charge is 0.321 e. The van der Waals surface area contributed by atoms with Crippen molar-refractivity contribution < 1.29 is 0 Å². The van der Waals surface area contributed by atoms with Gasteiger partial charge in [-0.1, -0.05) is 66.8 Å². The van der Waals surface area contributed by atoms with Crippen LogP contribution in [0.15, 0.2) is 28.6 Å². The quantitative estimate of drug-likeness (QED) is 0.724. The van der Waals surface area contributed by atoms with Crippen LogP contribution in [-0.4, -0.2) is 19.8 Å². The molecule has 3 aromatic rings. The van der Waals surface area contributed by atoms with E-state index in [-0.39, 0.29) is 6.04 Å². The second kappa shape index (κ2) is 6.36. The van der Waals surface area contributed by atoms with Gasteiger partial charge in [-0.05, 0) is 18.4 Å². The fourth-order valence-electron chi connectivity index (χ4n) is 2.01. The van der Waals surface area contributed by atoms with Crippen LogP contribution in [0.4, 0.5) is 0 Å². The Kier molecular flexibility index (Phi) is 4.46. The van der Waals surface area contributed by atoms with Gasteiger partial charge >= 0.3 is 0 Å². The maximum atomic E-state index is 6.17. The Morgan fingerprint density at radius 1 is 1.23 bits per heavy atom. The molecule has 0 aliphatic rings. The molecule has 0 amide bonds. The Bertz CT molecular complexity index is 760. The smallest absolute Gasteiger partial charge is 0.235 e. The molecule has 1 atom stereocenters. The van der Waals surface area contributed by atoms with E-state index in [0.29, 0.717) is 5.92 Å². The highest BCUT2D eigenvalue weighted by Gasteiger charge is 2.20. The summed E-state index contributed by atoms with van der Waals surface area (Å²) in [6.45, 7) is 6.25. The van der Waals surface area contributed by atoms with Gasteiger partial charge in [-0.25, -0.2) is 0 Å². The molecule has 0 fully saturated rings. The Hall–Kier alpha value is -1.44. The molecule has 0 bridgehead atoms. The lowest BCUT2D eigenvalue weighted by atomic mass is 10.1. The van der Waals surface area contributed by atoms with E-state index < -0.39 is 0 Å². The summed E-state index contributed by atoms with van der Waals surface area (Å²) in [7, 11) is 0. The zero-order valence-electron chi connectivity index (χ0n) is 12.9. The molecule has 0 radical (unpaired) electrons. The van der Waals surface area contributed by atoms with Gasteiger partial charge in [-0.2, -0.15) is 4.52 Å². The van der Waals surface area contributed by atoms with Crippen molar-refractivity contribution in [1.82, 2.24) is 19.8 Å². The molecule has 22 heavy (non-hydrogen) atoms. The lowest BCUT2D eigenvalue weighted by molar-refractivity contribution is 0.479. The molecule has 7 heteroatoms. The Labute approximate surface area is 137 Å². The van der Waals surface area contributed by atoms with Crippen LogP contribution in [0, 0.1) is 12.8 Å². The molecule has 0 saturated carbocycles. The van der Waals surface area contributed by atoms with E-state index in [4.69, 9.17) is 5.73 Å². The summed E-state index contributed by atoms with van der Waals surface area (Å²) in [4.78, 5) is 0.803. The van der Waals surface area contributed by atoms with Crippen LogP contribution in [0.1, 0.15) is 36.8 Å². The first-order valence-electron chi connectivity index (χ1n) is 7.20. The zero-order valence-corrected chi connectivity index (χ0v) is 14.5. The van der Waals surface area contributed by atoms with Crippen molar-refractivity contribution in [2.24, 2.45) is 11.7 Å². The highest BCUT2D eigenvalue weighted by Crippen LogP contribution is 2.29. The zero-order chi connectivity index (χ0) is 15.7. The minimum absolute atomic E-state index is 0.146. The van der Waals surface area contributed by atoms with Crippen molar-refractivity contribution in [1.29, 1.82) is 0 Å². The number of hydrogen-bond donors (Lipinski definition) is 1. The van der Waals surface area contributed by atoms with Gasteiger partial charge in [0.05, 0.1) is 6.04 Å². The number of thioether (sulfide) groups is 1. The van der Waals surface area contributed by atoms with Crippen LogP contribution in [0.3, 0.4) is 0 Å². The maximum Gasteiger partial charge on any atom is 0.235 e.